The molecular formula is C15H15N5O3S. The van der Waals surface area contributed by atoms with Gasteiger partial charge in [-0.2, -0.15) is 0 Å². The summed E-state index contributed by atoms with van der Waals surface area (Å²) in [6.07, 6.45) is 1.63. The molecule has 0 saturated heterocycles. The number of carbonyl (C=O) groups is 2. The van der Waals surface area contributed by atoms with Gasteiger partial charge in [0.2, 0.25) is 0 Å². The van der Waals surface area contributed by atoms with Crippen LogP contribution in [-0.2, 0) is 0 Å². The van der Waals surface area contributed by atoms with Gasteiger partial charge in [0.15, 0.2) is 10.8 Å². The van der Waals surface area contributed by atoms with Crippen LogP contribution in [0.15, 0.2) is 28.2 Å². The maximum atomic E-state index is 12.2. The lowest BCUT2D eigenvalue weighted by Gasteiger charge is -1.96. The Morgan fingerprint density at radius 2 is 2.17 bits per heavy atom. The molecule has 0 fully saturated rings. The van der Waals surface area contributed by atoms with Crippen molar-refractivity contribution < 1.29 is 14.1 Å². The highest BCUT2D eigenvalue weighted by atomic mass is 32.1. The lowest BCUT2D eigenvalue weighted by molar-refractivity contribution is 0.0993. The second-order valence-corrected chi connectivity index (χ2v) is 6.29. The number of nitrogens with two attached hydrogens (primary N) is 1. The smallest absolute Gasteiger partial charge is 0.279 e. The number of amides is 2. The Kier molecular flexibility index (Phi) is 4.17. The normalized spacial score (nSPS) is 11.0. The van der Waals surface area contributed by atoms with E-state index >= 15 is 0 Å². The van der Waals surface area contributed by atoms with Gasteiger partial charge in [0, 0.05) is 29.1 Å². The van der Waals surface area contributed by atoms with Crippen LogP contribution >= 0.6 is 11.3 Å². The van der Waals surface area contributed by atoms with Crippen molar-refractivity contribution in [2.45, 2.75) is 19.8 Å². The monoisotopic (exact) mass is 345 g/mol. The summed E-state index contributed by atoms with van der Waals surface area (Å²) in [5.74, 6) is -0.139. The summed E-state index contributed by atoms with van der Waals surface area (Å²) < 4.78 is 5.11. The molecule has 3 rings (SSSR count). The zero-order chi connectivity index (χ0) is 17.3. The number of hydrogen-bond donors (Lipinski definition) is 3. The van der Waals surface area contributed by atoms with Crippen molar-refractivity contribution in [2.24, 2.45) is 5.73 Å². The Morgan fingerprint density at radius 3 is 2.79 bits per heavy atom. The Labute approximate surface area is 141 Å². The number of aromatic nitrogens is 3. The van der Waals surface area contributed by atoms with Crippen LogP contribution < -0.4 is 11.1 Å². The minimum Gasteiger partial charge on any atom is -0.364 e. The number of nitrogens with one attached hydrogen (secondary N) is 2. The molecule has 0 aliphatic heterocycles. The standard InChI is InChI=1S/C15H15N5O3S/c1-7(2)12-4-10(20-23-12)14(22)19-15-18-11(6-24-15)8-3-9(13(16)21)17-5-8/h3-7,17H,1-2H3,(H2,16,21)(H,18,19,22). The molecule has 0 bridgehead atoms. The molecule has 0 atom stereocenters. The van der Waals surface area contributed by atoms with Crippen molar-refractivity contribution in [1.82, 2.24) is 15.1 Å². The molecule has 0 saturated carbocycles. The highest BCUT2D eigenvalue weighted by Gasteiger charge is 2.16. The molecule has 4 N–H and O–H groups in total. The fraction of sp³-hybridized carbons (Fsp3) is 0.200. The number of carbonyl (C=O) groups excluding carboxylic acids is 2. The summed E-state index contributed by atoms with van der Waals surface area (Å²) >= 11 is 1.27. The minimum atomic E-state index is -0.544. The predicted octanol–water partition coefficient (Wildman–Crippen LogP) is 2.60. The lowest BCUT2D eigenvalue weighted by atomic mass is 10.1. The zero-order valence-electron chi connectivity index (χ0n) is 13.0. The minimum absolute atomic E-state index is 0.151. The van der Waals surface area contributed by atoms with Gasteiger partial charge < -0.3 is 15.2 Å². The van der Waals surface area contributed by atoms with Crippen LogP contribution in [0, 0.1) is 0 Å². The van der Waals surface area contributed by atoms with E-state index in [4.69, 9.17) is 10.3 Å². The van der Waals surface area contributed by atoms with E-state index in [0.717, 1.165) is 0 Å². The largest absolute Gasteiger partial charge is 0.364 e. The van der Waals surface area contributed by atoms with Gasteiger partial charge in [0.1, 0.15) is 11.5 Å². The van der Waals surface area contributed by atoms with Crippen molar-refractivity contribution in [3.05, 3.63) is 40.9 Å². The van der Waals surface area contributed by atoms with E-state index in [1.165, 1.54) is 11.3 Å². The van der Waals surface area contributed by atoms with Crippen LogP contribution in [-0.4, -0.2) is 26.9 Å². The van der Waals surface area contributed by atoms with Crippen molar-refractivity contribution in [3.8, 4) is 11.3 Å². The molecule has 0 aliphatic carbocycles. The third kappa shape index (κ3) is 3.20. The topological polar surface area (TPSA) is 127 Å². The summed E-state index contributed by atoms with van der Waals surface area (Å²) in [6.45, 7) is 3.90. The van der Waals surface area contributed by atoms with Gasteiger partial charge in [-0.05, 0) is 6.07 Å². The third-order valence-electron chi connectivity index (χ3n) is 3.30. The van der Waals surface area contributed by atoms with Crippen LogP contribution in [0.3, 0.4) is 0 Å². The number of nitrogens with zero attached hydrogens (tertiary/aromatic N) is 2. The van der Waals surface area contributed by atoms with Gasteiger partial charge in [0.05, 0.1) is 5.69 Å². The van der Waals surface area contributed by atoms with Crippen LogP contribution in [0.1, 0.15) is 46.5 Å². The Hall–Kier alpha value is -2.94. The van der Waals surface area contributed by atoms with E-state index in [-0.39, 0.29) is 11.6 Å². The fourth-order valence-corrected chi connectivity index (χ4v) is 2.69. The Balaban J connectivity index is 1.73. The predicted molar refractivity (Wildman–Crippen MR) is 89.0 cm³/mol. The second kappa shape index (κ2) is 6.28. The van der Waals surface area contributed by atoms with E-state index in [2.05, 4.69) is 20.4 Å². The number of hydrogen-bond acceptors (Lipinski definition) is 6. The Morgan fingerprint density at radius 1 is 1.38 bits per heavy atom. The molecule has 3 heterocycles. The van der Waals surface area contributed by atoms with Gasteiger partial charge >= 0.3 is 0 Å². The molecule has 0 unspecified atom stereocenters. The molecular weight excluding hydrogens is 330 g/mol. The second-order valence-electron chi connectivity index (χ2n) is 5.43. The van der Waals surface area contributed by atoms with Gasteiger partial charge in [0.25, 0.3) is 11.8 Å². The Bertz CT molecular complexity index is 892. The van der Waals surface area contributed by atoms with Gasteiger partial charge in [-0.25, -0.2) is 4.98 Å². The average molecular weight is 345 g/mol. The summed E-state index contributed by atoms with van der Waals surface area (Å²) in [5.41, 5.74) is 7.04. The van der Waals surface area contributed by atoms with E-state index < -0.39 is 11.8 Å². The average Bonchev–Trinajstić information content (AvgIpc) is 3.26. The summed E-state index contributed by atoms with van der Waals surface area (Å²) in [7, 11) is 0. The SMILES string of the molecule is CC(C)c1cc(C(=O)Nc2nc(-c3c[nH]c(C(N)=O)c3)cs2)no1. The van der Waals surface area contributed by atoms with Crippen LogP contribution in [0.4, 0.5) is 5.13 Å². The molecule has 24 heavy (non-hydrogen) atoms. The van der Waals surface area contributed by atoms with Crippen molar-refractivity contribution >= 4 is 28.3 Å². The van der Waals surface area contributed by atoms with E-state index in [1.54, 1.807) is 23.7 Å². The lowest BCUT2D eigenvalue weighted by Crippen LogP contribution is -2.11. The summed E-state index contributed by atoms with van der Waals surface area (Å²) in [6, 6.07) is 3.22. The molecule has 0 aliphatic rings. The van der Waals surface area contributed by atoms with E-state index in [9.17, 15) is 9.59 Å². The van der Waals surface area contributed by atoms with Gasteiger partial charge in [-0.15, -0.1) is 11.3 Å². The molecule has 3 aromatic heterocycles. The first-order chi connectivity index (χ1) is 11.4. The number of H-pyrrole nitrogens is 1. The molecule has 0 spiro atoms. The molecule has 3 aromatic rings. The highest BCUT2D eigenvalue weighted by molar-refractivity contribution is 7.14. The maximum absolute atomic E-state index is 12.2. The van der Waals surface area contributed by atoms with Crippen LogP contribution in [0.25, 0.3) is 11.3 Å². The number of aromatic amines is 1. The first-order valence-electron chi connectivity index (χ1n) is 7.16. The zero-order valence-corrected chi connectivity index (χ0v) is 13.8. The first kappa shape index (κ1) is 15.9. The van der Waals surface area contributed by atoms with E-state index in [0.29, 0.717) is 27.8 Å². The number of thiazole rings is 1. The van der Waals surface area contributed by atoms with Crippen molar-refractivity contribution in [3.63, 3.8) is 0 Å². The van der Waals surface area contributed by atoms with Crippen LogP contribution in [0.5, 0.6) is 0 Å². The van der Waals surface area contributed by atoms with Crippen LogP contribution in [0.2, 0.25) is 0 Å². The molecule has 124 valence electrons. The quantitative estimate of drug-likeness (QED) is 0.655. The van der Waals surface area contributed by atoms with Crippen molar-refractivity contribution in [2.75, 3.05) is 5.32 Å². The summed E-state index contributed by atoms with van der Waals surface area (Å²) in [5, 5.41) is 8.62. The molecule has 8 nitrogen and oxygen atoms in total. The number of primary amides is 1. The molecule has 0 radical (unpaired) electrons. The van der Waals surface area contributed by atoms with Crippen molar-refractivity contribution in [1.29, 1.82) is 0 Å². The summed E-state index contributed by atoms with van der Waals surface area (Å²) in [4.78, 5) is 30.3. The number of rotatable bonds is 5. The fourth-order valence-electron chi connectivity index (χ4n) is 1.98. The van der Waals surface area contributed by atoms with Gasteiger partial charge in [-0.1, -0.05) is 19.0 Å². The molecule has 0 aromatic carbocycles. The van der Waals surface area contributed by atoms with E-state index in [1.807, 2.05) is 13.8 Å². The first-order valence-corrected chi connectivity index (χ1v) is 8.04. The van der Waals surface area contributed by atoms with Gasteiger partial charge in [-0.3, -0.25) is 14.9 Å². The molecule has 2 amide bonds. The third-order valence-corrected chi connectivity index (χ3v) is 4.06. The molecule has 9 heteroatoms. The highest BCUT2D eigenvalue weighted by Crippen LogP contribution is 2.26. The number of anilines is 1. The maximum Gasteiger partial charge on any atom is 0.279 e.